The van der Waals surface area contributed by atoms with Crippen LogP contribution in [0.5, 0.6) is 0 Å². The monoisotopic (exact) mass is 244 g/mol. The summed E-state index contributed by atoms with van der Waals surface area (Å²) in [4.78, 5) is 2.48. The van der Waals surface area contributed by atoms with Crippen LogP contribution >= 0.6 is 0 Å². The highest BCUT2D eigenvalue weighted by molar-refractivity contribution is 4.82. The van der Waals surface area contributed by atoms with Gasteiger partial charge in [-0.1, -0.05) is 0 Å². The Morgan fingerprint density at radius 2 is 2.18 bits per heavy atom. The molecule has 1 heterocycles. The van der Waals surface area contributed by atoms with Gasteiger partial charge in [0.15, 0.2) is 0 Å². The summed E-state index contributed by atoms with van der Waals surface area (Å²) in [6.07, 6.45) is 1.42. The number of morpholine rings is 1. The summed E-state index contributed by atoms with van der Waals surface area (Å²) in [6.45, 7) is 12.6. The Morgan fingerprint density at radius 1 is 1.41 bits per heavy atom. The molecule has 0 saturated carbocycles. The van der Waals surface area contributed by atoms with Crippen molar-refractivity contribution in [3.8, 4) is 0 Å². The molecule has 1 aliphatic rings. The van der Waals surface area contributed by atoms with Gasteiger partial charge in [0, 0.05) is 39.9 Å². The van der Waals surface area contributed by atoms with Crippen LogP contribution in [0.3, 0.4) is 0 Å². The summed E-state index contributed by atoms with van der Waals surface area (Å²) >= 11 is 0. The Labute approximate surface area is 106 Å². The van der Waals surface area contributed by atoms with E-state index in [1.165, 1.54) is 0 Å². The predicted molar refractivity (Wildman–Crippen MR) is 70.4 cm³/mol. The molecule has 17 heavy (non-hydrogen) atoms. The van der Waals surface area contributed by atoms with Crippen LogP contribution in [0.25, 0.3) is 0 Å². The molecule has 0 amide bonds. The third kappa shape index (κ3) is 6.36. The van der Waals surface area contributed by atoms with Crippen LogP contribution < -0.4 is 5.32 Å². The lowest BCUT2D eigenvalue weighted by Gasteiger charge is -2.41. The summed E-state index contributed by atoms with van der Waals surface area (Å²) in [7, 11) is 1.75. The van der Waals surface area contributed by atoms with E-state index in [1.54, 1.807) is 7.11 Å². The van der Waals surface area contributed by atoms with Crippen molar-refractivity contribution in [1.29, 1.82) is 0 Å². The summed E-state index contributed by atoms with van der Waals surface area (Å²) < 4.78 is 10.9. The minimum Gasteiger partial charge on any atom is -0.385 e. The van der Waals surface area contributed by atoms with Crippen molar-refractivity contribution in [1.82, 2.24) is 10.2 Å². The van der Waals surface area contributed by atoms with Gasteiger partial charge in [0.2, 0.25) is 0 Å². The molecule has 1 N–H and O–H groups in total. The van der Waals surface area contributed by atoms with Crippen LogP contribution in [0.1, 0.15) is 27.2 Å². The minimum atomic E-state index is -0.00623. The van der Waals surface area contributed by atoms with Gasteiger partial charge >= 0.3 is 0 Å². The van der Waals surface area contributed by atoms with Crippen LogP contribution in [0.15, 0.2) is 0 Å². The van der Waals surface area contributed by atoms with E-state index in [4.69, 9.17) is 9.47 Å². The molecule has 0 aromatic carbocycles. The van der Waals surface area contributed by atoms with Crippen LogP contribution in [0.2, 0.25) is 0 Å². The molecule has 0 aromatic rings. The Morgan fingerprint density at radius 3 is 2.82 bits per heavy atom. The lowest BCUT2D eigenvalue weighted by molar-refractivity contribution is -0.128. The maximum absolute atomic E-state index is 5.88. The van der Waals surface area contributed by atoms with E-state index in [0.29, 0.717) is 6.10 Å². The second kappa shape index (κ2) is 7.31. The molecule has 0 aliphatic carbocycles. The van der Waals surface area contributed by atoms with Crippen molar-refractivity contribution in [3.05, 3.63) is 0 Å². The number of hydrogen-bond donors (Lipinski definition) is 1. The molecule has 1 unspecified atom stereocenters. The standard InChI is InChI=1S/C13H28N2O2/c1-12-10-15(11-13(2,3)17-12)8-7-14-6-5-9-16-4/h12,14H,5-11H2,1-4H3. The van der Waals surface area contributed by atoms with Gasteiger partial charge in [-0.2, -0.15) is 0 Å². The Kier molecular flexibility index (Phi) is 6.41. The molecule has 1 saturated heterocycles. The molecule has 4 heteroatoms. The van der Waals surface area contributed by atoms with Crippen LogP contribution in [-0.2, 0) is 9.47 Å². The lowest BCUT2D eigenvalue weighted by Crippen LogP contribution is -2.53. The highest BCUT2D eigenvalue weighted by Crippen LogP contribution is 2.20. The maximum Gasteiger partial charge on any atom is 0.0757 e. The van der Waals surface area contributed by atoms with E-state index >= 15 is 0 Å². The third-order valence-corrected chi connectivity index (χ3v) is 2.95. The first-order valence-electron chi connectivity index (χ1n) is 6.63. The SMILES string of the molecule is COCCCNCCN1CC(C)OC(C)(C)C1. The molecule has 0 aromatic heterocycles. The van der Waals surface area contributed by atoms with Gasteiger partial charge in [0.05, 0.1) is 11.7 Å². The van der Waals surface area contributed by atoms with E-state index in [0.717, 1.165) is 45.8 Å². The van der Waals surface area contributed by atoms with E-state index in [9.17, 15) is 0 Å². The summed E-state index contributed by atoms with van der Waals surface area (Å²) in [5, 5.41) is 3.45. The van der Waals surface area contributed by atoms with Crippen molar-refractivity contribution < 1.29 is 9.47 Å². The number of ether oxygens (including phenoxy) is 2. The molecule has 0 radical (unpaired) electrons. The van der Waals surface area contributed by atoms with Crippen molar-refractivity contribution in [2.24, 2.45) is 0 Å². The maximum atomic E-state index is 5.88. The highest BCUT2D eigenvalue weighted by atomic mass is 16.5. The van der Waals surface area contributed by atoms with Crippen molar-refractivity contribution in [2.45, 2.75) is 38.9 Å². The number of nitrogens with zero attached hydrogens (tertiary/aromatic N) is 1. The van der Waals surface area contributed by atoms with Crippen LogP contribution in [0.4, 0.5) is 0 Å². The van der Waals surface area contributed by atoms with Gasteiger partial charge in [0.1, 0.15) is 0 Å². The molecular formula is C13H28N2O2. The first-order valence-corrected chi connectivity index (χ1v) is 6.63. The second-order valence-electron chi connectivity index (χ2n) is 5.52. The predicted octanol–water partition coefficient (Wildman–Crippen LogP) is 1.11. The lowest BCUT2D eigenvalue weighted by atomic mass is 10.1. The normalized spacial score (nSPS) is 25.1. The summed E-state index contributed by atoms with van der Waals surface area (Å²) in [5.74, 6) is 0. The van der Waals surface area contributed by atoms with Gasteiger partial charge in [-0.15, -0.1) is 0 Å². The van der Waals surface area contributed by atoms with E-state index in [1.807, 2.05) is 0 Å². The molecular weight excluding hydrogens is 216 g/mol. The number of nitrogens with one attached hydrogen (secondary N) is 1. The molecule has 4 nitrogen and oxygen atoms in total. The molecule has 1 aliphatic heterocycles. The quantitative estimate of drug-likeness (QED) is 0.680. The fourth-order valence-corrected chi connectivity index (χ4v) is 2.46. The summed E-state index contributed by atoms with van der Waals surface area (Å²) in [5.41, 5.74) is -0.00623. The van der Waals surface area contributed by atoms with Crippen molar-refractivity contribution in [3.63, 3.8) is 0 Å². The van der Waals surface area contributed by atoms with Gasteiger partial charge in [-0.05, 0) is 33.7 Å². The fraction of sp³-hybridized carbons (Fsp3) is 1.00. The zero-order valence-electron chi connectivity index (χ0n) is 11.8. The average Bonchev–Trinajstić information content (AvgIpc) is 2.20. The molecule has 1 fully saturated rings. The molecule has 102 valence electrons. The molecule has 0 bridgehead atoms. The highest BCUT2D eigenvalue weighted by Gasteiger charge is 2.30. The zero-order valence-corrected chi connectivity index (χ0v) is 11.8. The Hall–Kier alpha value is -0.160. The topological polar surface area (TPSA) is 33.7 Å². The van der Waals surface area contributed by atoms with Gasteiger partial charge in [-0.25, -0.2) is 0 Å². The van der Waals surface area contributed by atoms with Crippen LogP contribution in [-0.4, -0.2) is 63.0 Å². The fourth-order valence-electron chi connectivity index (χ4n) is 2.46. The van der Waals surface area contributed by atoms with E-state index in [2.05, 4.69) is 31.0 Å². The molecule has 1 rings (SSSR count). The summed E-state index contributed by atoms with van der Waals surface area (Å²) in [6, 6.07) is 0. The molecule has 1 atom stereocenters. The first kappa shape index (κ1) is 14.9. The third-order valence-electron chi connectivity index (χ3n) is 2.95. The van der Waals surface area contributed by atoms with Gasteiger partial charge < -0.3 is 14.8 Å². The van der Waals surface area contributed by atoms with Gasteiger partial charge in [-0.3, -0.25) is 4.90 Å². The van der Waals surface area contributed by atoms with E-state index < -0.39 is 0 Å². The Balaban J connectivity index is 2.10. The Bertz CT molecular complexity index is 210. The minimum absolute atomic E-state index is 0.00623. The average molecular weight is 244 g/mol. The first-order chi connectivity index (χ1) is 8.03. The van der Waals surface area contributed by atoms with Crippen molar-refractivity contribution in [2.75, 3.05) is 46.4 Å². The van der Waals surface area contributed by atoms with E-state index in [-0.39, 0.29) is 5.60 Å². The second-order valence-corrected chi connectivity index (χ2v) is 5.52. The number of methoxy groups -OCH3 is 1. The van der Waals surface area contributed by atoms with Gasteiger partial charge in [0.25, 0.3) is 0 Å². The largest absolute Gasteiger partial charge is 0.385 e. The smallest absolute Gasteiger partial charge is 0.0757 e. The number of hydrogen-bond acceptors (Lipinski definition) is 4. The molecule has 0 spiro atoms. The van der Waals surface area contributed by atoms with Crippen molar-refractivity contribution >= 4 is 0 Å². The zero-order chi connectivity index (χ0) is 12.7. The number of rotatable bonds is 7. The van der Waals surface area contributed by atoms with Crippen LogP contribution in [0, 0.1) is 0 Å².